The molecule has 8 heavy (non-hydrogen) atoms. The molecule has 0 spiro atoms. The Morgan fingerprint density at radius 3 is 1.62 bits per heavy atom. The first-order valence-corrected chi connectivity index (χ1v) is 3.87. The third-order valence-electron chi connectivity index (χ3n) is 0.607. The van der Waals surface area contributed by atoms with E-state index in [1.165, 1.54) is 0 Å². The molecule has 0 amide bonds. The molecule has 1 aromatic rings. The van der Waals surface area contributed by atoms with Crippen molar-refractivity contribution in [2.24, 2.45) is 0 Å². The Hall–Kier alpha value is 0.297. The summed E-state index contributed by atoms with van der Waals surface area (Å²) in [5.41, 5.74) is 0. The van der Waals surface area contributed by atoms with Gasteiger partial charge in [0.15, 0.2) is 0 Å². The molecule has 0 aromatic heterocycles. The smallest absolute Gasteiger partial charge is 0.0184 e. The minimum Gasteiger partial charge on any atom is -0.0622 e. The van der Waals surface area contributed by atoms with Crippen molar-refractivity contribution in [3.63, 3.8) is 0 Å². The topological polar surface area (TPSA) is 0 Å². The Bertz CT molecular complexity index is 80.5. The van der Waals surface area contributed by atoms with E-state index in [1.54, 1.807) is 0 Å². The van der Waals surface area contributed by atoms with Crippen LogP contribution in [0, 0.1) is 6.07 Å². The average molecular weight is 164 g/mol. The maximum Gasteiger partial charge on any atom is -0.0184 e. The first kappa shape index (κ1) is 8.30. The molecule has 1 aromatic carbocycles. The van der Waals surface area contributed by atoms with Crippen LogP contribution in [0.25, 0.3) is 0 Å². The van der Waals surface area contributed by atoms with Gasteiger partial charge in [0.1, 0.15) is 0 Å². The van der Waals surface area contributed by atoms with Gasteiger partial charge in [-0.05, 0) is 6.07 Å². The number of halogens is 1. The summed E-state index contributed by atoms with van der Waals surface area (Å²) in [4.78, 5) is 0. The molecule has 0 aliphatic carbocycles. The average Bonchev–Trinajstić information content (AvgIpc) is 1.96. The fourth-order valence-corrected chi connectivity index (χ4v) is 0.342. The second kappa shape index (κ2) is 7.30. The molecule has 0 atom stereocenters. The SMILES string of the molecule is [Li][Br].[c]1ccccc1. The fourth-order valence-electron chi connectivity index (χ4n) is 0.342. The summed E-state index contributed by atoms with van der Waals surface area (Å²) in [5.74, 6) is 0. The molecule has 2 heteroatoms. The van der Waals surface area contributed by atoms with Gasteiger partial charge in [-0.1, -0.05) is 30.3 Å². The Morgan fingerprint density at radius 2 is 1.50 bits per heavy atom. The zero-order chi connectivity index (χ0) is 6.24. The predicted molar refractivity (Wildman–Crippen MR) is 40.0 cm³/mol. The van der Waals surface area contributed by atoms with Crippen molar-refractivity contribution in [2.45, 2.75) is 0 Å². The molecular weight excluding hydrogens is 159 g/mol. The Kier molecular flexibility index (Phi) is 7.57. The van der Waals surface area contributed by atoms with E-state index in [-0.39, 0.29) is 0 Å². The van der Waals surface area contributed by atoms with Crippen LogP contribution in [0.3, 0.4) is 0 Å². The fraction of sp³-hybridized carbons (Fsp3) is 0. The molecule has 37 valence electrons. The van der Waals surface area contributed by atoms with Crippen LogP contribution in [-0.4, -0.2) is 15.8 Å². The minimum absolute atomic E-state index is 1.81. The van der Waals surface area contributed by atoms with Crippen LogP contribution in [0.5, 0.6) is 0 Å². The van der Waals surface area contributed by atoms with Gasteiger partial charge in [0.05, 0.1) is 0 Å². The number of hydrogen-bond acceptors (Lipinski definition) is 0. The van der Waals surface area contributed by atoms with Crippen molar-refractivity contribution >= 4 is 29.5 Å². The molecule has 0 N–H and O–H groups in total. The number of hydrogen-bond donors (Lipinski definition) is 0. The molecule has 0 fully saturated rings. The van der Waals surface area contributed by atoms with Crippen molar-refractivity contribution < 1.29 is 0 Å². The molecule has 0 nitrogen and oxygen atoms in total. The summed E-state index contributed by atoms with van der Waals surface area (Å²) in [6.07, 6.45) is 0. The predicted octanol–water partition coefficient (Wildman–Crippen LogP) is 1.95. The molecule has 1 radical (unpaired) electrons. The Labute approximate surface area is 65.9 Å². The Morgan fingerprint density at radius 1 is 1.00 bits per heavy atom. The number of benzene rings is 1. The molecular formula is C6H5BrLi. The molecule has 0 aliphatic rings. The summed E-state index contributed by atoms with van der Waals surface area (Å²) in [6.45, 7) is 0. The second-order valence-electron chi connectivity index (χ2n) is 1.08. The van der Waals surface area contributed by atoms with Gasteiger partial charge in [-0.3, -0.25) is 0 Å². The van der Waals surface area contributed by atoms with Gasteiger partial charge in [-0.2, -0.15) is 0 Å². The maximum atomic E-state index is 2.94. The third-order valence-corrected chi connectivity index (χ3v) is 0.607. The molecule has 0 bridgehead atoms. The second-order valence-corrected chi connectivity index (χ2v) is 1.08. The van der Waals surface area contributed by atoms with Gasteiger partial charge in [-0.25, -0.2) is 0 Å². The zero-order valence-electron chi connectivity index (χ0n) is 4.76. The largest absolute Gasteiger partial charge is 0.0622 e. The first-order chi connectivity index (χ1) is 4.00. The van der Waals surface area contributed by atoms with Gasteiger partial charge in [-0.15, -0.1) is 0 Å². The summed E-state index contributed by atoms with van der Waals surface area (Å²) in [5, 5.41) is 0. The summed E-state index contributed by atoms with van der Waals surface area (Å²) in [6, 6.07) is 12.5. The van der Waals surface area contributed by atoms with Crippen molar-refractivity contribution in [1.82, 2.24) is 0 Å². The summed E-state index contributed by atoms with van der Waals surface area (Å²) in [7, 11) is 0. The van der Waals surface area contributed by atoms with Crippen LogP contribution < -0.4 is 0 Å². The molecule has 0 saturated carbocycles. The zero-order valence-corrected chi connectivity index (χ0v) is 6.35. The maximum absolute atomic E-state index is 2.94. The normalized spacial score (nSPS) is 6.88. The van der Waals surface area contributed by atoms with E-state index in [9.17, 15) is 0 Å². The standard InChI is InChI=1S/C6H5.BrH.Li/c1-2-4-6-5-3-1;;/h1-5H;1H;/q;;+1/p-1. The first-order valence-electron chi connectivity index (χ1n) is 2.29. The molecule has 0 unspecified atom stereocenters. The van der Waals surface area contributed by atoms with Gasteiger partial charge < -0.3 is 0 Å². The van der Waals surface area contributed by atoms with Crippen LogP contribution in [0.15, 0.2) is 30.3 Å². The van der Waals surface area contributed by atoms with E-state index in [4.69, 9.17) is 0 Å². The van der Waals surface area contributed by atoms with Gasteiger partial charge in [0.25, 0.3) is 0 Å². The molecule has 0 saturated heterocycles. The molecule has 0 heterocycles. The van der Waals surface area contributed by atoms with Crippen molar-refractivity contribution in [3.8, 4) is 0 Å². The van der Waals surface area contributed by atoms with E-state index in [2.05, 4.69) is 19.8 Å². The van der Waals surface area contributed by atoms with E-state index in [0.717, 1.165) is 0 Å². The van der Waals surface area contributed by atoms with Crippen LogP contribution in [-0.2, 0) is 0 Å². The van der Waals surface area contributed by atoms with Gasteiger partial charge in [0.2, 0.25) is 0 Å². The monoisotopic (exact) mass is 163 g/mol. The van der Waals surface area contributed by atoms with Crippen molar-refractivity contribution in [3.05, 3.63) is 36.4 Å². The van der Waals surface area contributed by atoms with Gasteiger partial charge in [0, 0.05) is 0 Å². The third kappa shape index (κ3) is 4.46. The summed E-state index contributed by atoms with van der Waals surface area (Å²) < 4.78 is 0. The van der Waals surface area contributed by atoms with Crippen LogP contribution in [0.1, 0.15) is 0 Å². The molecule has 0 aliphatic heterocycles. The quantitative estimate of drug-likeness (QED) is 0.514. The van der Waals surface area contributed by atoms with E-state index < -0.39 is 0 Å². The summed E-state index contributed by atoms with van der Waals surface area (Å²) >= 11 is 4.75. The van der Waals surface area contributed by atoms with Crippen molar-refractivity contribution in [1.29, 1.82) is 0 Å². The van der Waals surface area contributed by atoms with Crippen LogP contribution in [0.4, 0.5) is 0 Å². The van der Waals surface area contributed by atoms with Crippen molar-refractivity contribution in [2.75, 3.05) is 0 Å². The van der Waals surface area contributed by atoms with E-state index in [1.807, 2.05) is 46.1 Å². The van der Waals surface area contributed by atoms with E-state index in [0.29, 0.717) is 0 Å². The molecule has 1 rings (SSSR count). The Balaban J connectivity index is 0.000000222. The van der Waals surface area contributed by atoms with Crippen LogP contribution >= 0.6 is 13.7 Å². The minimum atomic E-state index is 1.81. The van der Waals surface area contributed by atoms with E-state index >= 15 is 0 Å². The van der Waals surface area contributed by atoms with Crippen LogP contribution in [0.2, 0.25) is 0 Å². The van der Waals surface area contributed by atoms with Gasteiger partial charge >= 0.3 is 29.5 Å². The number of rotatable bonds is 0.